The highest BCUT2D eigenvalue weighted by Crippen LogP contribution is 2.29. The van der Waals surface area contributed by atoms with Crippen LogP contribution in [0.4, 0.5) is 0 Å². The van der Waals surface area contributed by atoms with Gasteiger partial charge in [0.25, 0.3) is 0 Å². The Morgan fingerprint density at radius 1 is 1.54 bits per heavy atom. The van der Waals surface area contributed by atoms with Gasteiger partial charge in [0.1, 0.15) is 6.10 Å². The number of hydrogen-bond acceptors (Lipinski definition) is 5. The number of fused-ring (bicyclic) bond motifs is 1. The number of rotatable bonds is 2. The first kappa shape index (κ1) is 8.99. The molecule has 2 fully saturated rings. The van der Waals surface area contributed by atoms with Gasteiger partial charge in [-0.1, -0.05) is 6.92 Å². The van der Waals surface area contributed by atoms with E-state index in [0.29, 0.717) is 6.32 Å². The molecule has 2 aliphatic rings. The molecular formula is C7H11BO5. The van der Waals surface area contributed by atoms with E-state index in [2.05, 4.69) is 0 Å². The summed E-state index contributed by atoms with van der Waals surface area (Å²) in [4.78, 5) is 11.1. The van der Waals surface area contributed by atoms with Crippen LogP contribution in [0.3, 0.4) is 0 Å². The molecule has 0 radical (unpaired) electrons. The van der Waals surface area contributed by atoms with Gasteiger partial charge in [0.15, 0.2) is 12.2 Å². The molecule has 72 valence electrons. The van der Waals surface area contributed by atoms with E-state index in [9.17, 15) is 4.79 Å². The first-order chi connectivity index (χ1) is 6.26. The lowest BCUT2D eigenvalue weighted by molar-refractivity contribution is -0.148. The summed E-state index contributed by atoms with van der Waals surface area (Å²) >= 11 is 0. The molecular weight excluding hydrogens is 175 g/mol. The Morgan fingerprint density at radius 2 is 2.31 bits per heavy atom. The summed E-state index contributed by atoms with van der Waals surface area (Å²) in [5.74, 6) is -0.431. The fraction of sp³-hybridized carbons (Fsp3) is 0.857. The largest absolute Gasteiger partial charge is 0.457 e. The van der Waals surface area contributed by atoms with E-state index in [0.717, 1.165) is 0 Å². The van der Waals surface area contributed by atoms with Crippen molar-refractivity contribution in [2.75, 3.05) is 6.61 Å². The molecule has 2 heterocycles. The number of aliphatic hydroxyl groups excluding tert-OH is 1. The molecule has 13 heavy (non-hydrogen) atoms. The van der Waals surface area contributed by atoms with E-state index in [1.807, 2.05) is 6.92 Å². The number of hydrogen-bond donors (Lipinski definition) is 1. The number of carbonyl (C=O) groups is 1. The van der Waals surface area contributed by atoms with Crippen molar-refractivity contribution in [3.8, 4) is 0 Å². The first-order valence-corrected chi connectivity index (χ1v) is 4.38. The third-order valence-corrected chi connectivity index (χ3v) is 2.29. The summed E-state index contributed by atoms with van der Waals surface area (Å²) in [6.45, 7) is 1.69. The highest BCUT2D eigenvalue weighted by Gasteiger charge is 2.53. The Kier molecular flexibility index (Phi) is 2.27. The summed E-state index contributed by atoms with van der Waals surface area (Å²) in [5, 5.41) is 8.88. The maximum Gasteiger partial charge on any atom is 0.457 e. The minimum absolute atomic E-state index is 0.216. The van der Waals surface area contributed by atoms with Crippen LogP contribution in [0.5, 0.6) is 0 Å². The molecule has 0 aromatic rings. The van der Waals surface area contributed by atoms with Crippen molar-refractivity contribution in [3.63, 3.8) is 0 Å². The van der Waals surface area contributed by atoms with Crippen molar-refractivity contribution < 1.29 is 23.9 Å². The van der Waals surface area contributed by atoms with Gasteiger partial charge in [-0.25, -0.2) is 4.79 Å². The first-order valence-electron chi connectivity index (χ1n) is 4.38. The smallest absolute Gasteiger partial charge is 0.455 e. The Labute approximate surface area is 76.1 Å². The summed E-state index contributed by atoms with van der Waals surface area (Å²) in [6.07, 6.45) is -0.933. The number of cyclic esters (lactones) is 1. The molecule has 0 aromatic heterocycles. The second kappa shape index (κ2) is 3.28. The van der Waals surface area contributed by atoms with Gasteiger partial charge in [-0.15, -0.1) is 0 Å². The molecule has 1 N–H and O–H groups in total. The van der Waals surface area contributed by atoms with Crippen molar-refractivity contribution in [1.29, 1.82) is 0 Å². The zero-order chi connectivity index (χ0) is 9.42. The second-order valence-electron chi connectivity index (χ2n) is 3.15. The predicted molar refractivity (Wildman–Crippen MR) is 42.9 cm³/mol. The molecule has 3 unspecified atom stereocenters. The summed E-state index contributed by atoms with van der Waals surface area (Å²) in [7, 11) is -0.336. The molecule has 0 amide bonds. The molecule has 0 saturated carbocycles. The lowest BCUT2D eigenvalue weighted by Gasteiger charge is -2.12. The molecule has 0 aromatic carbocycles. The molecule has 0 spiro atoms. The van der Waals surface area contributed by atoms with E-state index in [-0.39, 0.29) is 13.7 Å². The zero-order valence-corrected chi connectivity index (χ0v) is 7.30. The Bertz CT molecular complexity index is 221. The average Bonchev–Trinajstić information content (AvgIpc) is 2.66. The lowest BCUT2D eigenvalue weighted by atomic mass is 9.87. The van der Waals surface area contributed by atoms with Crippen LogP contribution in [0.1, 0.15) is 6.92 Å². The Hall–Kier alpha value is -0.585. The zero-order valence-electron chi connectivity index (χ0n) is 7.30. The van der Waals surface area contributed by atoms with Gasteiger partial charge in [-0.2, -0.15) is 0 Å². The molecule has 6 heteroatoms. The van der Waals surface area contributed by atoms with Crippen LogP contribution in [-0.4, -0.2) is 43.1 Å². The third kappa shape index (κ3) is 1.35. The van der Waals surface area contributed by atoms with Gasteiger partial charge in [-0.3, -0.25) is 0 Å². The van der Waals surface area contributed by atoms with E-state index in [4.69, 9.17) is 19.2 Å². The molecule has 3 atom stereocenters. The van der Waals surface area contributed by atoms with Crippen LogP contribution in [0.25, 0.3) is 0 Å². The fourth-order valence-electron chi connectivity index (χ4n) is 1.61. The van der Waals surface area contributed by atoms with Crippen LogP contribution in [0.15, 0.2) is 0 Å². The highest BCUT2D eigenvalue weighted by atomic mass is 16.7. The Morgan fingerprint density at radius 3 is 2.92 bits per heavy atom. The van der Waals surface area contributed by atoms with Gasteiger partial charge in [0.05, 0.1) is 6.61 Å². The van der Waals surface area contributed by atoms with Crippen LogP contribution in [0.2, 0.25) is 6.32 Å². The molecule has 5 nitrogen and oxygen atoms in total. The van der Waals surface area contributed by atoms with Crippen molar-refractivity contribution >= 4 is 13.1 Å². The maximum atomic E-state index is 11.1. The third-order valence-electron chi connectivity index (χ3n) is 2.29. The maximum absolute atomic E-state index is 11.1. The number of carbonyl (C=O) groups excluding carboxylic acids is 1. The second-order valence-corrected chi connectivity index (χ2v) is 3.15. The highest BCUT2D eigenvalue weighted by molar-refractivity contribution is 6.45. The lowest BCUT2D eigenvalue weighted by Crippen LogP contribution is -2.31. The van der Waals surface area contributed by atoms with Crippen molar-refractivity contribution in [2.24, 2.45) is 0 Å². The van der Waals surface area contributed by atoms with Gasteiger partial charge in [0.2, 0.25) is 0 Å². The van der Waals surface area contributed by atoms with Crippen LogP contribution in [-0.2, 0) is 18.8 Å². The van der Waals surface area contributed by atoms with Gasteiger partial charge < -0.3 is 19.2 Å². The number of esters is 1. The molecule has 0 bridgehead atoms. The van der Waals surface area contributed by atoms with E-state index in [1.165, 1.54) is 0 Å². The van der Waals surface area contributed by atoms with Crippen molar-refractivity contribution in [2.45, 2.75) is 31.6 Å². The van der Waals surface area contributed by atoms with Crippen LogP contribution >= 0.6 is 0 Å². The molecule has 2 rings (SSSR count). The Balaban J connectivity index is 2.08. The van der Waals surface area contributed by atoms with E-state index in [1.54, 1.807) is 0 Å². The van der Waals surface area contributed by atoms with E-state index < -0.39 is 24.3 Å². The minimum Gasteiger partial charge on any atom is -0.455 e. The average molecular weight is 186 g/mol. The van der Waals surface area contributed by atoms with Crippen molar-refractivity contribution in [1.82, 2.24) is 0 Å². The molecule has 2 saturated heterocycles. The van der Waals surface area contributed by atoms with Gasteiger partial charge >= 0.3 is 13.1 Å². The van der Waals surface area contributed by atoms with E-state index >= 15 is 0 Å². The number of aliphatic hydroxyl groups is 1. The quantitative estimate of drug-likeness (QED) is 0.451. The molecule has 0 aliphatic carbocycles. The van der Waals surface area contributed by atoms with Crippen molar-refractivity contribution in [3.05, 3.63) is 0 Å². The molecule has 2 aliphatic heterocycles. The van der Waals surface area contributed by atoms with Gasteiger partial charge in [0, 0.05) is 0 Å². The fourth-order valence-corrected chi connectivity index (χ4v) is 1.61. The SMILES string of the molecule is CCB1OC2C(=O)OC(CO)C2O1. The summed E-state index contributed by atoms with van der Waals surface area (Å²) in [5.41, 5.74) is 0. The van der Waals surface area contributed by atoms with Crippen LogP contribution < -0.4 is 0 Å². The number of ether oxygens (including phenoxy) is 1. The minimum atomic E-state index is -0.637. The normalized spacial score (nSPS) is 37.8. The monoisotopic (exact) mass is 186 g/mol. The van der Waals surface area contributed by atoms with Crippen LogP contribution in [0, 0.1) is 0 Å². The standard InChI is InChI=1S/C7H11BO5/c1-2-8-12-5-4(3-9)11-7(10)6(5)13-8/h4-6,9H,2-3H2,1H3. The topological polar surface area (TPSA) is 65.0 Å². The van der Waals surface area contributed by atoms with Gasteiger partial charge in [-0.05, 0) is 6.32 Å². The summed E-state index contributed by atoms with van der Waals surface area (Å²) in [6, 6.07) is 0. The summed E-state index contributed by atoms with van der Waals surface area (Å²) < 4.78 is 15.5. The predicted octanol–water partition coefficient (Wildman–Crippen LogP) is -0.804.